The average molecular weight is 427 g/mol. The summed E-state index contributed by atoms with van der Waals surface area (Å²) < 4.78 is 5.06. The second kappa shape index (κ2) is 10.2. The normalized spacial score (nSPS) is 17.2. The van der Waals surface area contributed by atoms with E-state index < -0.39 is 0 Å². The predicted molar refractivity (Wildman–Crippen MR) is 121 cm³/mol. The molecule has 2 aliphatic heterocycles. The van der Waals surface area contributed by atoms with E-state index in [9.17, 15) is 9.59 Å². The highest BCUT2D eigenvalue weighted by Crippen LogP contribution is 2.39. The quantitative estimate of drug-likeness (QED) is 0.763. The van der Waals surface area contributed by atoms with Crippen molar-refractivity contribution < 1.29 is 14.3 Å². The molecule has 2 unspecified atom stereocenters. The maximum atomic E-state index is 13.1. The molecular formula is C22H30N6O3. The molecule has 0 saturated carbocycles. The Hall–Kier alpha value is -3.20. The number of hydrogen-bond donors (Lipinski definition) is 2. The molecule has 9 nitrogen and oxygen atoms in total. The molecule has 2 N–H and O–H groups in total. The third-order valence-corrected chi connectivity index (χ3v) is 5.10. The Morgan fingerprint density at radius 2 is 2.06 bits per heavy atom. The Labute approximate surface area is 182 Å². The van der Waals surface area contributed by atoms with E-state index in [4.69, 9.17) is 4.74 Å². The highest BCUT2D eigenvalue weighted by Gasteiger charge is 2.40. The molecule has 2 aromatic heterocycles. The first kappa shape index (κ1) is 22.5. The van der Waals surface area contributed by atoms with Crippen LogP contribution >= 0.6 is 0 Å². The topological polar surface area (TPSA) is 99.7 Å². The Kier molecular flexibility index (Phi) is 7.41. The smallest absolute Gasteiger partial charge is 0.329 e. The van der Waals surface area contributed by atoms with Crippen LogP contribution in [0.2, 0.25) is 0 Å². The van der Waals surface area contributed by atoms with Gasteiger partial charge in [0.2, 0.25) is 0 Å². The first-order chi connectivity index (χ1) is 15.1. The van der Waals surface area contributed by atoms with Crippen LogP contribution in [0.1, 0.15) is 37.7 Å². The van der Waals surface area contributed by atoms with Crippen LogP contribution in [0, 0.1) is 0 Å². The number of nitrogens with zero attached hydrogens (tertiary/aromatic N) is 4. The zero-order chi connectivity index (χ0) is 22.4. The second-order valence-corrected chi connectivity index (χ2v) is 7.27. The molecule has 3 amide bonds. The summed E-state index contributed by atoms with van der Waals surface area (Å²) in [4.78, 5) is 38.2. The van der Waals surface area contributed by atoms with Gasteiger partial charge < -0.3 is 15.0 Å². The van der Waals surface area contributed by atoms with E-state index in [1.807, 2.05) is 32.9 Å². The van der Waals surface area contributed by atoms with Gasteiger partial charge in [0.1, 0.15) is 11.5 Å². The molecule has 2 bridgehead atoms. The molecule has 31 heavy (non-hydrogen) atoms. The van der Waals surface area contributed by atoms with Gasteiger partial charge in [0.15, 0.2) is 5.82 Å². The SMILES string of the molecule is CC.COCC(C)NC(=O)c1ccc2c(n1)N(C(=O)Nc1ccccn1)C1CCN2C1. The molecule has 2 atom stereocenters. The lowest BCUT2D eigenvalue weighted by Gasteiger charge is -2.35. The maximum Gasteiger partial charge on any atom is 0.329 e. The minimum absolute atomic E-state index is 0.00411. The van der Waals surface area contributed by atoms with Crippen LogP contribution in [-0.2, 0) is 4.74 Å². The lowest BCUT2D eigenvalue weighted by Crippen LogP contribution is -2.48. The van der Waals surface area contributed by atoms with Gasteiger partial charge in [-0.05, 0) is 37.6 Å². The number of nitrogens with one attached hydrogen (secondary N) is 2. The number of urea groups is 1. The summed E-state index contributed by atoms with van der Waals surface area (Å²) >= 11 is 0. The summed E-state index contributed by atoms with van der Waals surface area (Å²) in [6.45, 7) is 7.87. The van der Waals surface area contributed by atoms with E-state index in [1.54, 1.807) is 36.4 Å². The lowest BCUT2D eigenvalue weighted by molar-refractivity contribution is 0.0900. The number of carbonyl (C=O) groups excluding carboxylic acids is 2. The summed E-state index contributed by atoms with van der Waals surface area (Å²) in [5.41, 5.74) is 1.13. The minimum atomic E-state index is -0.297. The zero-order valence-corrected chi connectivity index (χ0v) is 18.5. The highest BCUT2D eigenvalue weighted by atomic mass is 16.5. The van der Waals surface area contributed by atoms with Gasteiger partial charge in [-0.2, -0.15) is 0 Å². The van der Waals surface area contributed by atoms with E-state index >= 15 is 0 Å². The molecule has 4 heterocycles. The number of hydrogen-bond acceptors (Lipinski definition) is 6. The second-order valence-electron chi connectivity index (χ2n) is 7.27. The number of anilines is 3. The van der Waals surface area contributed by atoms with Gasteiger partial charge in [0, 0.05) is 32.4 Å². The molecule has 2 aromatic rings. The van der Waals surface area contributed by atoms with Gasteiger partial charge in [0.05, 0.1) is 18.3 Å². The van der Waals surface area contributed by atoms with Crippen LogP contribution in [0.3, 0.4) is 0 Å². The first-order valence-corrected chi connectivity index (χ1v) is 10.6. The molecule has 1 saturated heterocycles. The van der Waals surface area contributed by atoms with Crippen molar-refractivity contribution in [3.05, 3.63) is 42.2 Å². The molecular weight excluding hydrogens is 396 g/mol. The van der Waals surface area contributed by atoms with Crippen LogP contribution in [0.15, 0.2) is 36.5 Å². The van der Waals surface area contributed by atoms with Gasteiger partial charge in [-0.15, -0.1) is 0 Å². The van der Waals surface area contributed by atoms with Crippen molar-refractivity contribution in [3.63, 3.8) is 0 Å². The van der Waals surface area contributed by atoms with Crippen molar-refractivity contribution in [2.24, 2.45) is 0 Å². The summed E-state index contributed by atoms with van der Waals surface area (Å²) in [6, 6.07) is 8.46. The summed E-state index contributed by atoms with van der Waals surface area (Å²) in [7, 11) is 1.59. The van der Waals surface area contributed by atoms with E-state index in [0.717, 1.165) is 25.2 Å². The van der Waals surface area contributed by atoms with E-state index in [2.05, 4.69) is 25.5 Å². The van der Waals surface area contributed by atoms with Crippen LogP contribution in [0.5, 0.6) is 0 Å². The van der Waals surface area contributed by atoms with Gasteiger partial charge in [-0.1, -0.05) is 19.9 Å². The third-order valence-electron chi connectivity index (χ3n) is 5.10. The van der Waals surface area contributed by atoms with Crippen molar-refractivity contribution in [3.8, 4) is 0 Å². The molecule has 0 spiro atoms. The maximum absolute atomic E-state index is 13.1. The number of carbonyl (C=O) groups is 2. The Bertz CT molecular complexity index is 907. The van der Waals surface area contributed by atoms with Gasteiger partial charge in [0.25, 0.3) is 5.91 Å². The third kappa shape index (κ3) is 4.93. The monoisotopic (exact) mass is 426 g/mol. The van der Waals surface area contributed by atoms with Crippen LogP contribution in [0.25, 0.3) is 0 Å². The summed E-state index contributed by atoms with van der Waals surface area (Å²) in [5, 5.41) is 5.69. The Balaban J connectivity index is 0.00000132. The van der Waals surface area contributed by atoms with E-state index in [-0.39, 0.29) is 29.7 Å². The predicted octanol–water partition coefficient (Wildman–Crippen LogP) is 2.90. The van der Waals surface area contributed by atoms with E-state index in [1.165, 1.54) is 0 Å². The fourth-order valence-corrected chi connectivity index (χ4v) is 3.79. The van der Waals surface area contributed by atoms with Crippen molar-refractivity contribution in [2.45, 2.75) is 39.3 Å². The van der Waals surface area contributed by atoms with Crippen LogP contribution in [-0.4, -0.2) is 60.8 Å². The Morgan fingerprint density at radius 1 is 1.26 bits per heavy atom. The molecule has 9 heteroatoms. The number of rotatable bonds is 5. The molecule has 4 rings (SSSR count). The Morgan fingerprint density at radius 3 is 2.77 bits per heavy atom. The van der Waals surface area contributed by atoms with Gasteiger partial charge in [-0.25, -0.2) is 14.8 Å². The van der Waals surface area contributed by atoms with Crippen molar-refractivity contribution in [1.29, 1.82) is 0 Å². The number of pyridine rings is 2. The zero-order valence-electron chi connectivity index (χ0n) is 18.5. The van der Waals surface area contributed by atoms with Gasteiger partial charge >= 0.3 is 6.03 Å². The standard InChI is InChI=1S/C20H24N6O3.C2H6/c1-13(12-29-2)22-19(27)15-6-7-16-18(23-15)26(14-8-10-25(16)11-14)20(28)24-17-5-3-4-9-21-17;1-2/h3-7,9,13-14H,8,10-12H2,1-2H3,(H,22,27)(H,21,24,28);1-2H3. The summed E-state index contributed by atoms with van der Waals surface area (Å²) in [5.74, 6) is 0.677. The number of fused-ring (bicyclic) bond motifs is 4. The highest BCUT2D eigenvalue weighted by molar-refractivity contribution is 6.05. The largest absolute Gasteiger partial charge is 0.383 e. The van der Waals surface area contributed by atoms with Crippen molar-refractivity contribution in [2.75, 3.05) is 41.9 Å². The molecule has 0 radical (unpaired) electrons. The van der Waals surface area contributed by atoms with Crippen LogP contribution in [0.4, 0.5) is 22.1 Å². The summed E-state index contributed by atoms with van der Waals surface area (Å²) in [6.07, 6.45) is 2.47. The van der Waals surface area contributed by atoms with Crippen LogP contribution < -0.4 is 20.4 Å². The number of aromatic nitrogens is 2. The first-order valence-electron chi connectivity index (χ1n) is 10.6. The average Bonchev–Trinajstić information content (AvgIpc) is 3.20. The molecule has 1 fully saturated rings. The molecule has 2 aliphatic rings. The van der Waals surface area contributed by atoms with Crippen molar-refractivity contribution in [1.82, 2.24) is 15.3 Å². The molecule has 0 aromatic carbocycles. The fourth-order valence-electron chi connectivity index (χ4n) is 3.79. The fraction of sp³-hybridized carbons (Fsp3) is 0.455. The van der Waals surface area contributed by atoms with E-state index in [0.29, 0.717) is 18.2 Å². The number of ether oxygens (including phenoxy) is 1. The number of methoxy groups -OCH3 is 1. The number of amides is 3. The minimum Gasteiger partial charge on any atom is -0.383 e. The van der Waals surface area contributed by atoms with Gasteiger partial charge in [-0.3, -0.25) is 15.0 Å². The molecule has 0 aliphatic carbocycles. The molecule has 166 valence electrons. The lowest BCUT2D eigenvalue weighted by atomic mass is 10.1. The van der Waals surface area contributed by atoms with Crippen molar-refractivity contribution >= 4 is 29.3 Å².